The predicted molar refractivity (Wildman–Crippen MR) is 109 cm³/mol. The van der Waals surface area contributed by atoms with Crippen molar-refractivity contribution < 1.29 is 9.21 Å². The summed E-state index contributed by atoms with van der Waals surface area (Å²) in [5, 5.41) is 11.2. The first-order valence-electron chi connectivity index (χ1n) is 8.56. The molecule has 5 nitrogen and oxygen atoms in total. The average Bonchev–Trinajstić information content (AvgIpc) is 3.31. The number of amides is 1. The summed E-state index contributed by atoms with van der Waals surface area (Å²) < 4.78 is 5.74. The Hall–Kier alpha value is -3.12. The highest BCUT2D eigenvalue weighted by Crippen LogP contribution is 2.24. The quantitative estimate of drug-likeness (QED) is 0.539. The Morgan fingerprint density at radius 1 is 1.00 bits per heavy atom. The molecule has 4 rings (SSSR count). The minimum absolute atomic E-state index is 0.0397. The molecule has 1 saturated heterocycles. The average molecular weight is 375 g/mol. The molecule has 2 heterocycles. The van der Waals surface area contributed by atoms with Crippen LogP contribution in [0.3, 0.4) is 0 Å². The molecule has 0 saturated carbocycles. The standard InChI is InChI=1S/C21H17N3O2S/c25-20-19(13-15-7-3-1-4-8-15)27-21(23-20)24-22-14-17-11-12-18(26-17)16-9-5-2-6-10-16/h1-12,14,19H,13H2,(H,23,24,25)/b22-14+. The number of amidine groups is 1. The first-order chi connectivity index (χ1) is 13.3. The van der Waals surface area contributed by atoms with Gasteiger partial charge >= 0.3 is 0 Å². The third-order valence-corrected chi connectivity index (χ3v) is 5.13. The number of furan rings is 1. The fourth-order valence-electron chi connectivity index (χ4n) is 2.73. The fourth-order valence-corrected chi connectivity index (χ4v) is 3.70. The van der Waals surface area contributed by atoms with Crippen molar-refractivity contribution in [1.29, 1.82) is 0 Å². The largest absolute Gasteiger partial charge is 0.455 e. The number of hydrogen-bond donors (Lipinski definition) is 1. The van der Waals surface area contributed by atoms with Crippen LogP contribution in [0, 0.1) is 0 Å². The first kappa shape index (κ1) is 17.3. The van der Waals surface area contributed by atoms with E-state index in [0.29, 0.717) is 17.3 Å². The Labute approximate surface area is 161 Å². The monoisotopic (exact) mass is 375 g/mol. The van der Waals surface area contributed by atoms with E-state index in [1.54, 1.807) is 0 Å². The van der Waals surface area contributed by atoms with Crippen molar-refractivity contribution in [2.24, 2.45) is 10.2 Å². The summed E-state index contributed by atoms with van der Waals surface area (Å²) in [6.07, 6.45) is 2.20. The number of benzene rings is 2. The number of carbonyl (C=O) groups is 1. The molecule has 3 aromatic rings. The lowest BCUT2D eigenvalue weighted by molar-refractivity contribution is -0.118. The number of hydrogen-bond acceptors (Lipinski definition) is 5. The van der Waals surface area contributed by atoms with Gasteiger partial charge in [0.25, 0.3) is 0 Å². The molecule has 1 unspecified atom stereocenters. The van der Waals surface area contributed by atoms with Gasteiger partial charge in [0.15, 0.2) is 5.17 Å². The second-order valence-electron chi connectivity index (χ2n) is 6.00. The molecule has 1 aliphatic rings. The zero-order valence-corrected chi connectivity index (χ0v) is 15.2. The molecular formula is C21H17N3O2S. The van der Waals surface area contributed by atoms with Gasteiger partial charge in [0, 0.05) is 5.56 Å². The Morgan fingerprint density at radius 3 is 2.52 bits per heavy atom. The molecule has 6 heteroatoms. The molecule has 1 aromatic heterocycles. The maximum absolute atomic E-state index is 12.1. The molecule has 134 valence electrons. The van der Waals surface area contributed by atoms with Crippen molar-refractivity contribution in [2.75, 3.05) is 0 Å². The third kappa shape index (κ3) is 4.35. The number of nitrogens with one attached hydrogen (secondary N) is 1. The van der Waals surface area contributed by atoms with Crippen molar-refractivity contribution >= 4 is 29.1 Å². The van der Waals surface area contributed by atoms with E-state index in [1.165, 1.54) is 18.0 Å². The Morgan fingerprint density at radius 2 is 1.74 bits per heavy atom. The molecule has 0 spiro atoms. The van der Waals surface area contributed by atoms with Crippen LogP contribution in [0.2, 0.25) is 0 Å². The van der Waals surface area contributed by atoms with Crippen LogP contribution >= 0.6 is 11.8 Å². The second-order valence-corrected chi connectivity index (χ2v) is 7.19. The highest BCUT2D eigenvalue weighted by Gasteiger charge is 2.30. The summed E-state index contributed by atoms with van der Waals surface area (Å²) >= 11 is 1.40. The summed E-state index contributed by atoms with van der Waals surface area (Å²) in [6, 6.07) is 23.5. The molecule has 0 radical (unpaired) electrons. The second kappa shape index (κ2) is 8.05. The van der Waals surface area contributed by atoms with Gasteiger partial charge in [0.2, 0.25) is 5.91 Å². The zero-order valence-electron chi connectivity index (χ0n) is 14.4. The molecule has 0 bridgehead atoms. The summed E-state index contributed by atoms with van der Waals surface area (Å²) in [7, 11) is 0. The van der Waals surface area contributed by atoms with Crippen LogP contribution in [-0.2, 0) is 11.2 Å². The summed E-state index contributed by atoms with van der Waals surface area (Å²) in [5.41, 5.74) is 2.13. The highest BCUT2D eigenvalue weighted by molar-refractivity contribution is 8.15. The van der Waals surface area contributed by atoms with Gasteiger partial charge in [-0.25, -0.2) is 0 Å². The molecule has 1 aliphatic heterocycles. The van der Waals surface area contributed by atoms with Gasteiger partial charge in [0.1, 0.15) is 11.5 Å². The zero-order chi connectivity index (χ0) is 18.5. The molecule has 27 heavy (non-hydrogen) atoms. The molecule has 1 N–H and O–H groups in total. The first-order valence-corrected chi connectivity index (χ1v) is 9.43. The van der Waals surface area contributed by atoms with E-state index in [4.69, 9.17) is 4.42 Å². The number of rotatable bonds is 5. The predicted octanol–water partition coefficient (Wildman–Crippen LogP) is 4.11. The Kier molecular flexibility index (Phi) is 5.16. The maximum atomic E-state index is 12.1. The minimum Gasteiger partial charge on any atom is -0.455 e. The van der Waals surface area contributed by atoms with E-state index >= 15 is 0 Å². The molecule has 1 atom stereocenters. The van der Waals surface area contributed by atoms with Gasteiger partial charge in [-0.2, -0.15) is 5.10 Å². The van der Waals surface area contributed by atoms with Crippen LogP contribution in [0.5, 0.6) is 0 Å². The lowest BCUT2D eigenvalue weighted by atomic mass is 10.1. The smallest absolute Gasteiger partial charge is 0.239 e. The van der Waals surface area contributed by atoms with Crippen LogP contribution in [0.1, 0.15) is 11.3 Å². The third-order valence-electron chi connectivity index (χ3n) is 4.06. The van der Waals surface area contributed by atoms with Crippen LogP contribution in [0.4, 0.5) is 0 Å². The van der Waals surface area contributed by atoms with Gasteiger partial charge in [-0.05, 0) is 24.1 Å². The Bertz CT molecular complexity index is 981. The lowest BCUT2D eigenvalue weighted by Gasteiger charge is -2.04. The maximum Gasteiger partial charge on any atom is 0.239 e. The molecule has 2 aromatic carbocycles. The van der Waals surface area contributed by atoms with Crippen LogP contribution in [0.25, 0.3) is 11.3 Å². The Balaban J connectivity index is 1.38. The van der Waals surface area contributed by atoms with E-state index in [1.807, 2.05) is 72.8 Å². The number of carbonyl (C=O) groups excluding carboxylic acids is 1. The van der Waals surface area contributed by atoms with Crippen molar-refractivity contribution in [3.05, 3.63) is 84.1 Å². The van der Waals surface area contributed by atoms with Crippen molar-refractivity contribution in [3.8, 4) is 11.3 Å². The van der Waals surface area contributed by atoms with Gasteiger partial charge < -0.3 is 9.73 Å². The van der Waals surface area contributed by atoms with Crippen LogP contribution in [-0.4, -0.2) is 22.5 Å². The summed E-state index contributed by atoms with van der Waals surface area (Å²) in [5.74, 6) is 1.34. The van der Waals surface area contributed by atoms with E-state index in [9.17, 15) is 4.79 Å². The van der Waals surface area contributed by atoms with Gasteiger partial charge in [-0.15, -0.1) is 5.10 Å². The SMILES string of the molecule is O=C1N/C(=N\N=C\c2ccc(-c3ccccc3)o2)SC1Cc1ccccc1. The number of thioether (sulfide) groups is 1. The van der Waals surface area contributed by atoms with Crippen LogP contribution < -0.4 is 5.32 Å². The van der Waals surface area contributed by atoms with Crippen LogP contribution in [0.15, 0.2) is 87.4 Å². The van der Waals surface area contributed by atoms with Gasteiger partial charge in [-0.3, -0.25) is 4.79 Å². The highest BCUT2D eigenvalue weighted by atomic mass is 32.2. The molecule has 1 fully saturated rings. The van der Waals surface area contributed by atoms with E-state index < -0.39 is 0 Å². The molecular weight excluding hydrogens is 358 g/mol. The number of nitrogens with zero attached hydrogens (tertiary/aromatic N) is 2. The van der Waals surface area contributed by atoms with E-state index in [2.05, 4.69) is 15.5 Å². The molecule has 1 amide bonds. The topological polar surface area (TPSA) is 67.0 Å². The van der Waals surface area contributed by atoms with E-state index in [0.717, 1.165) is 16.9 Å². The fraction of sp³-hybridized carbons (Fsp3) is 0.0952. The summed E-state index contributed by atoms with van der Waals surface area (Å²) in [6.45, 7) is 0. The van der Waals surface area contributed by atoms with Gasteiger partial charge in [-0.1, -0.05) is 72.4 Å². The van der Waals surface area contributed by atoms with Gasteiger partial charge in [0.05, 0.1) is 11.5 Å². The van der Waals surface area contributed by atoms with Crippen molar-refractivity contribution in [1.82, 2.24) is 5.32 Å². The minimum atomic E-state index is -0.186. The lowest BCUT2D eigenvalue weighted by Crippen LogP contribution is -2.25. The normalized spacial score (nSPS) is 18.3. The van der Waals surface area contributed by atoms with Crippen molar-refractivity contribution in [2.45, 2.75) is 11.7 Å². The van der Waals surface area contributed by atoms with Crippen molar-refractivity contribution in [3.63, 3.8) is 0 Å². The summed E-state index contributed by atoms with van der Waals surface area (Å²) in [4.78, 5) is 12.1. The molecule has 0 aliphatic carbocycles. The van der Waals surface area contributed by atoms with E-state index in [-0.39, 0.29) is 11.2 Å².